The number of benzene rings is 3. The van der Waals surface area contributed by atoms with Crippen LogP contribution in [0.15, 0.2) is 83.1 Å². The van der Waals surface area contributed by atoms with Gasteiger partial charge in [0.05, 0.1) is 29.2 Å². The Morgan fingerprint density at radius 2 is 1.83 bits per heavy atom. The molecule has 4 rings (SSSR count). The predicted molar refractivity (Wildman–Crippen MR) is 134 cm³/mol. The molecule has 3 aromatic carbocycles. The fourth-order valence-corrected chi connectivity index (χ4v) is 4.16. The number of hydrogen-bond acceptors (Lipinski definition) is 6. The third-order valence-corrected chi connectivity index (χ3v) is 6.22. The number of carbonyl (C=O) groups excluding carboxylic acids is 1. The molecule has 178 valence electrons. The first-order valence-electron chi connectivity index (χ1n) is 10.9. The molecule has 35 heavy (non-hydrogen) atoms. The molecule has 2 N–H and O–H groups in total. The molecule has 0 aliphatic rings. The van der Waals surface area contributed by atoms with Crippen molar-refractivity contribution in [1.82, 2.24) is 15.6 Å². The van der Waals surface area contributed by atoms with E-state index in [4.69, 9.17) is 4.74 Å². The Kier molecular flexibility index (Phi) is 7.47. The van der Waals surface area contributed by atoms with Gasteiger partial charge in [-0.1, -0.05) is 47.7 Å². The molecule has 0 aliphatic carbocycles. The molecule has 1 amide bonds. The molecule has 1 aromatic heterocycles. The maximum atomic E-state index is 12.5. The highest BCUT2D eigenvalue weighted by Crippen LogP contribution is 2.22. The standard InChI is InChI=1S/C26H25N5O3S/c1-17-8-10-19(11-9-17)25-29-30-26(31(25)20-12-14-21(34-3)15-13-20)35-16-24(33)28-27-18(2)22-6-4-5-7-23(22)32/h4-15H,16H2,1-3H3,(H2,27,28,32,33). The Labute approximate surface area is 207 Å². The number of nitrogens with zero attached hydrogens (tertiary/aromatic N) is 3. The van der Waals surface area contributed by atoms with Gasteiger partial charge < -0.3 is 9.84 Å². The molecule has 0 spiro atoms. The van der Waals surface area contributed by atoms with Crippen molar-refractivity contribution in [2.24, 2.45) is 5.10 Å². The zero-order valence-corrected chi connectivity index (χ0v) is 20.4. The van der Waals surface area contributed by atoms with Crippen LogP contribution >= 0.6 is 11.8 Å². The van der Waals surface area contributed by atoms with Gasteiger partial charge >= 0.3 is 5.16 Å². The van der Waals surface area contributed by atoms with E-state index in [9.17, 15) is 9.90 Å². The van der Waals surface area contributed by atoms with Gasteiger partial charge in [-0.15, -0.1) is 5.10 Å². The van der Waals surface area contributed by atoms with Crippen molar-refractivity contribution in [2.75, 3.05) is 12.9 Å². The molecule has 8 nitrogen and oxygen atoms in total. The second kappa shape index (κ2) is 10.9. The van der Waals surface area contributed by atoms with Crippen LogP contribution in [0.5, 0.6) is 11.5 Å². The molecule has 0 saturated heterocycles. The van der Waals surface area contributed by atoms with Crippen LogP contribution in [0.2, 0.25) is 0 Å². The van der Waals surface area contributed by atoms with Crippen molar-refractivity contribution < 1.29 is 19.2 Å². The van der Waals surface area contributed by atoms with E-state index < -0.39 is 0 Å². The van der Waals surface area contributed by atoms with Gasteiger partial charge in [0.25, 0.3) is 11.7 Å². The summed E-state index contributed by atoms with van der Waals surface area (Å²) in [4.78, 5) is 12.5. The largest absolute Gasteiger partial charge is 0.872 e. The molecule has 4 aromatic rings. The predicted octanol–water partition coefficient (Wildman–Crippen LogP) is 3.38. The highest BCUT2D eigenvalue weighted by atomic mass is 32.2. The number of rotatable bonds is 8. The molecular weight excluding hydrogens is 462 g/mol. The maximum absolute atomic E-state index is 12.5. The summed E-state index contributed by atoms with van der Waals surface area (Å²) in [5, 5.41) is 24.2. The lowest BCUT2D eigenvalue weighted by molar-refractivity contribution is -0.625. The van der Waals surface area contributed by atoms with Crippen molar-refractivity contribution in [1.29, 1.82) is 0 Å². The van der Waals surface area contributed by atoms with E-state index >= 15 is 0 Å². The Morgan fingerprint density at radius 3 is 2.51 bits per heavy atom. The SMILES string of the molecule is COc1ccc(-[n+]2c(SCC(=O)N/N=C(/C)c3ccccc3[O-])n[nH]c2-c2ccc(C)cc2)cc1. The Morgan fingerprint density at radius 1 is 1.11 bits per heavy atom. The fourth-order valence-electron chi connectivity index (χ4n) is 3.40. The smallest absolute Gasteiger partial charge is 0.342 e. The summed E-state index contributed by atoms with van der Waals surface area (Å²) in [6.45, 7) is 3.72. The summed E-state index contributed by atoms with van der Waals surface area (Å²) in [7, 11) is 1.62. The molecule has 9 heteroatoms. The molecule has 1 heterocycles. The third-order valence-electron chi connectivity index (χ3n) is 5.29. The Balaban J connectivity index is 1.55. The van der Waals surface area contributed by atoms with E-state index in [1.165, 1.54) is 17.8 Å². The number of para-hydroxylation sites is 1. The van der Waals surface area contributed by atoms with Crippen molar-refractivity contribution in [2.45, 2.75) is 19.0 Å². The topological polar surface area (TPSA) is 106 Å². The van der Waals surface area contributed by atoms with Gasteiger partial charge in [-0.25, -0.2) is 5.43 Å². The number of hydrazone groups is 1. The van der Waals surface area contributed by atoms with E-state index in [2.05, 4.69) is 20.7 Å². The van der Waals surface area contributed by atoms with Gasteiger partial charge in [0.1, 0.15) is 11.4 Å². The van der Waals surface area contributed by atoms with Crippen molar-refractivity contribution >= 4 is 23.4 Å². The second-order valence-corrected chi connectivity index (χ2v) is 8.71. The lowest BCUT2D eigenvalue weighted by atomic mass is 10.1. The van der Waals surface area contributed by atoms with Crippen LogP contribution in [-0.2, 0) is 4.79 Å². The van der Waals surface area contributed by atoms with Gasteiger partial charge in [-0.3, -0.25) is 4.79 Å². The molecular formula is C26H25N5O3S. The molecule has 0 unspecified atom stereocenters. The van der Waals surface area contributed by atoms with Crippen LogP contribution in [0.4, 0.5) is 0 Å². The lowest BCUT2D eigenvalue weighted by Gasteiger charge is -2.12. The summed E-state index contributed by atoms with van der Waals surface area (Å²) in [5.74, 6) is 1.18. The van der Waals surface area contributed by atoms with Gasteiger partial charge in [0.2, 0.25) is 0 Å². The van der Waals surface area contributed by atoms with Gasteiger partial charge in [0.15, 0.2) is 0 Å². The highest BCUT2D eigenvalue weighted by Gasteiger charge is 2.24. The number of hydrogen-bond donors (Lipinski definition) is 2. The number of methoxy groups -OCH3 is 1. The quantitative estimate of drug-likeness (QED) is 0.172. The zero-order valence-electron chi connectivity index (χ0n) is 19.6. The summed E-state index contributed by atoms with van der Waals surface area (Å²) in [6, 6.07) is 22.3. The number of carbonyl (C=O) groups is 1. The van der Waals surface area contributed by atoms with Crippen LogP contribution < -0.4 is 19.8 Å². The zero-order chi connectivity index (χ0) is 24.8. The molecule has 0 aliphatic heterocycles. The monoisotopic (exact) mass is 487 g/mol. The lowest BCUT2D eigenvalue weighted by Crippen LogP contribution is -2.34. The highest BCUT2D eigenvalue weighted by molar-refractivity contribution is 7.99. The van der Waals surface area contributed by atoms with Gasteiger partial charge in [0, 0.05) is 0 Å². The molecule has 0 radical (unpaired) electrons. The summed E-state index contributed by atoms with van der Waals surface area (Å²) >= 11 is 1.28. The third kappa shape index (κ3) is 5.70. The van der Waals surface area contributed by atoms with Crippen LogP contribution in [0, 0.1) is 6.92 Å². The molecule has 0 bridgehead atoms. The minimum atomic E-state index is -0.307. The summed E-state index contributed by atoms with van der Waals surface area (Å²) < 4.78 is 7.25. The maximum Gasteiger partial charge on any atom is 0.342 e. The average Bonchev–Trinajstić information content (AvgIpc) is 3.30. The van der Waals surface area contributed by atoms with E-state index in [0.29, 0.717) is 16.4 Å². The Bertz CT molecular complexity index is 1350. The van der Waals surface area contributed by atoms with Crippen molar-refractivity contribution in [3.63, 3.8) is 0 Å². The van der Waals surface area contributed by atoms with Crippen LogP contribution in [0.3, 0.4) is 0 Å². The number of amides is 1. The average molecular weight is 488 g/mol. The fraction of sp³-hybridized carbons (Fsp3) is 0.154. The van der Waals surface area contributed by atoms with E-state index in [1.54, 1.807) is 32.2 Å². The van der Waals surface area contributed by atoms with Gasteiger partial charge in [-0.05, 0) is 67.6 Å². The number of aromatic amines is 1. The summed E-state index contributed by atoms with van der Waals surface area (Å²) in [6.07, 6.45) is 0. The van der Waals surface area contributed by atoms with E-state index in [1.807, 2.05) is 60.0 Å². The summed E-state index contributed by atoms with van der Waals surface area (Å²) in [5.41, 5.74) is 6.42. The van der Waals surface area contributed by atoms with Gasteiger partial charge in [-0.2, -0.15) is 9.67 Å². The first-order valence-corrected chi connectivity index (χ1v) is 11.9. The number of H-pyrrole nitrogens is 1. The van der Waals surface area contributed by atoms with Crippen LogP contribution in [-0.4, -0.2) is 34.7 Å². The van der Waals surface area contributed by atoms with Crippen LogP contribution in [0.25, 0.3) is 17.1 Å². The van der Waals surface area contributed by atoms with E-state index in [-0.39, 0.29) is 17.4 Å². The van der Waals surface area contributed by atoms with Crippen molar-refractivity contribution in [3.05, 3.63) is 83.9 Å². The van der Waals surface area contributed by atoms with E-state index in [0.717, 1.165) is 28.4 Å². The number of ether oxygens (including phenoxy) is 1. The molecule has 0 saturated carbocycles. The first-order chi connectivity index (χ1) is 17.0. The molecule has 0 atom stereocenters. The number of nitrogens with one attached hydrogen (secondary N) is 2. The molecule has 0 fully saturated rings. The normalized spacial score (nSPS) is 11.3. The minimum absolute atomic E-state index is 0.0874. The van der Waals surface area contributed by atoms with Crippen molar-refractivity contribution in [3.8, 4) is 28.6 Å². The number of aromatic nitrogens is 3. The van der Waals surface area contributed by atoms with Crippen LogP contribution in [0.1, 0.15) is 18.1 Å². The second-order valence-electron chi connectivity index (χ2n) is 7.77. The number of aryl methyl sites for hydroxylation is 1. The first kappa shape index (κ1) is 24.0. The number of thioether (sulfide) groups is 1. The Hall–Kier alpha value is -4.11. The minimum Gasteiger partial charge on any atom is -0.872 e.